The summed E-state index contributed by atoms with van der Waals surface area (Å²) < 4.78 is 10.4. The third kappa shape index (κ3) is 3.46. The molecule has 0 radical (unpaired) electrons. The van der Waals surface area contributed by atoms with E-state index < -0.39 is 6.29 Å². The van der Waals surface area contributed by atoms with Crippen LogP contribution in [0, 0.1) is 0 Å². The molecule has 1 aliphatic rings. The molecular weight excluding hydrogens is 294 g/mol. The highest BCUT2D eigenvalue weighted by Crippen LogP contribution is 2.38. The van der Waals surface area contributed by atoms with E-state index in [0.29, 0.717) is 6.42 Å². The van der Waals surface area contributed by atoms with Gasteiger partial charge in [-0.3, -0.25) is 4.79 Å². The van der Waals surface area contributed by atoms with Crippen LogP contribution in [0.15, 0.2) is 54.6 Å². The number of ether oxygens (including phenoxy) is 2. The lowest BCUT2D eigenvalue weighted by atomic mass is 10.0. The van der Waals surface area contributed by atoms with E-state index in [2.05, 4.69) is 0 Å². The van der Waals surface area contributed by atoms with Crippen molar-refractivity contribution in [1.29, 1.82) is 0 Å². The Hall–Kier alpha value is -2.53. The van der Waals surface area contributed by atoms with Crippen LogP contribution in [-0.4, -0.2) is 19.4 Å². The standard InChI is InChI=1S/C18H19NO4/c1-13(20)22-18-12-17(14-8-10-16(21-2)11-9-14)19(23-18)15-6-4-3-5-7-15/h3-11,17-18H,12H2,1-2H3. The van der Waals surface area contributed by atoms with E-state index in [1.54, 1.807) is 12.2 Å². The molecule has 23 heavy (non-hydrogen) atoms. The van der Waals surface area contributed by atoms with Crippen molar-refractivity contribution in [2.24, 2.45) is 0 Å². The minimum absolute atomic E-state index is 0.0346. The quantitative estimate of drug-likeness (QED) is 0.809. The number of hydrogen-bond donors (Lipinski definition) is 0. The number of benzene rings is 2. The van der Waals surface area contributed by atoms with Gasteiger partial charge in [-0.15, -0.1) is 0 Å². The van der Waals surface area contributed by atoms with Crippen molar-refractivity contribution in [2.45, 2.75) is 25.7 Å². The van der Waals surface area contributed by atoms with E-state index in [0.717, 1.165) is 17.0 Å². The predicted molar refractivity (Wildman–Crippen MR) is 85.9 cm³/mol. The van der Waals surface area contributed by atoms with Gasteiger partial charge in [0, 0.05) is 13.3 Å². The van der Waals surface area contributed by atoms with Gasteiger partial charge in [0.25, 0.3) is 0 Å². The summed E-state index contributed by atoms with van der Waals surface area (Å²) in [7, 11) is 1.64. The first-order chi connectivity index (χ1) is 11.2. The second-order valence-electron chi connectivity index (χ2n) is 5.33. The van der Waals surface area contributed by atoms with Crippen LogP contribution in [0.2, 0.25) is 0 Å². The minimum Gasteiger partial charge on any atom is -0.497 e. The van der Waals surface area contributed by atoms with E-state index in [1.165, 1.54) is 6.92 Å². The number of hydrogen-bond acceptors (Lipinski definition) is 5. The second-order valence-corrected chi connectivity index (χ2v) is 5.33. The molecule has 1 saturated heterocycles. The van der Waals surface area contributed by atoms with Gasteiger partial charge in [0.2, 0.25) is 6.29 Å². The maximum Gasteiger partial charge on any atom is 0.305 e. The lowest BCUT2D eigenvalue weighted by molar-refractivity contribution is -0.168. The van der Waals surface area contributed by atoms with E-state index in [9.17, 15) is 4.79 Å². The monoisotopic (exact) mass is 313 g/mol. The van der Waals surface area contributed by atoms with Crippen molar-refractivity contribution in [3.05, 3.63) is 60.2 Å². The Balaban J connectivity index is 1.88. The summed E-state index contributed by atoms with van der Waals surface area (Å²) in [5, 5.41) is 1.80. The van der Waals surface area contributed by atoms with Crippen LogP contribution in [0.3, 0.4) is 0 Å². The fraction of sp³-hybridized carbons (Fsp3) is 0.278. The fourth-order valence-electron chi connectivity index (χ4n) is 2.69. The van der Waals surface area contributed by atoms with Gasteiger partial charge in [-0.2, -0.15) is 0 Å². The molecule has 0 bridgehead atoms. The van der Waals surface area contributed by atoms with Gasteiger partial charge in [-0.25, -0.2) is 9.90 Å². The summed E-state index contributed by atoms with van der Waals surface area (Å²) in [6.45, 7) is 1.39. The molecule has 0 aromatic heterocycles. The predicted octanol–water partition coefficient (Wildman–Crippen LogP) is 3.47. The molecule has 3 rings (SSSR count). The van der Waals surface area contributed by atoms with Gasteiger partial charge in [0.15, 0.2) is 0 Å². The molecule has 2 atom stereocenters. The van der Waals surface area contributed by atoms with Crippen LogP contribution in [0.25, 0.3) is 0 Å². The zero-order valence-corrected chi connectivity index (χ0v) is 13.1. The van der Waals surface area contributed by atoms with Gasteiger partial charge < -0.3 is 9.47 Å². The van der Waals surface area contributed by atoms with E-state index in [-0.39, 0.29) is 12.0 Å². The molecule has 2 unspecified atom stereocenters. The van der Waals surface area contributed by atoms with Crippen LogP contribution in [-0.2, 0) is 14.4 Å². The summed E-state index contributed by atoms with van der Waals surface area (Å²) in [4.78, 5) is 17.1. The Labute approximate surface area is 135 Å². The zero-order chi connectivity index (χ0) is 16.2. The molecule has 2 aromatic rings. The average Bonchev–Trinajstić information content (AvgIpc) is 2.99. The molecular formula is C18H19NO4. The maximum atomic E-state index is 11.2. The fourth-order valence-corrected chi connectivity index (χ4v) is 2.69. The molecule has 1 heterocycles. The summed E-state index contributed by atoms with van der Waals surface area (Å²) in [6, 6.07) is 17.6. The number of esters is 1. The molecule has 0 spiro atoms. The number of carbonyl (C=O) groups is 1. The average molecular weight is 313 g/mol. The summed E-state index contributed by atoms with van der Waals surface area (Å²) in [5.41, 5.74) is 1.99. The number of anilines is 1. The summed E-state index contributed by atoms with van der Waals surface area (Å²) in [5.74, 6) is 0.453. The first kappa shape index (κ1) is 15.4. The number of nitrogens with zero attached hydrogens (tertiary/aromatic N) is 1. The molecule has 0 amide bonds. The first-order valence-electron chi connectivity index (χ1n) is 7.49. The number of para-hydroxylation sites is 1. The van der Waals surface area contributed by atoms with Crippen molar-refractivity contribution in [2.75, 3.05) is 12.2 Å². The first-order valence-corrected chi connectivity index (χ1v) is 7.49. The van der Waals surface area contributed by atoms with Crippen LogP contribution >= 0.6 is 0 Å². The SMILES string of the molecule is COc1ccc(C2CC(OC(C)=O)ON2c2ccccc2)cc1. The topological polar surface area (TPSA) is 48.0 Å². The lowest BCUT2D eigenvalue weighted by Gasteiger charge is -2.24. The van der Waals surface area contributed by atoms with Gasteiger partial charge in [-0.1, -0.05) is 30.3 Å². The number of rotatable bonds is 4. The Morgan fingerprint density at radius 1 is 1.13 bits per heavy atom. The Bertz CT molecular complexity index is 656. The van der Waals surface area contributed by atoms with Crippen LogP contribution in [0.4, 0.5) is 5.69 Å². The van der Waals surface area contributed by atoms with Crippen molar-refractivity contribution in [3.8, 4) is 5.75 Å². The molecule has 5 nitrogen and oxygen atoms in total. The van der Waals surface area contributed by atoms with Crippen LogP contribution < -0.4 is 9.80 Å². The maximum absolute atomic E-state index is 11.2. The van der Waals surface area contributed by atoms with Crippen molar-refractivity contribution in [3.63, 3.8) is 0 Å². The van der Waals surface area contributed by atoms with Crippen LogP contribution in [0.5, 0.6) is 5.75 Å². The number of hydroxylamine groups is 1. The summed E-state index contributed by atoms with van der Waals surface area (Å²) >= 11 is 0. The highest BCUT2D eigenvalue weighted by Gasteiger charge is 2.36. The van der Waals surface area contributed by atoms with Crippen molar-refractivity contribution >= 4 is 11.7 Å². The third-order valence-corrected chi connectivity index (χ3v) is 3.74. The van der Waals surface area contributed by atoms with E-state index >= 15 is 0 Å². The number of carbonyl (C=O) groups excluding carboxylic acids is 1. The molecule has 0 aliphatic carbocycles. The third-order valence-electron chi connectivity index (χ3n) is 3.74. The van der Waals surface area contributed by atoms with Gasteiger partial charge in [0.05, 0.1) is 18.8 Å². The summed E-state index contributed by atoms with van der Waals surface area (Å²) in [6.07, 6.45) is -0.0133. The minimum atomic E-state index is -0.584. The lowest BCUT2D eigenvalue weighted by Crippen LogP contribution is -2.23. The Kier molecular flexibility index (Phi) is 4.48. The van der Waals surface area contributed by atoms with E-state index in [4.69, 9.17) is 14.3 Å². The normalized spacial score (nSPS) is 20.3. The van der Waals surface area contributed by atoms with Gasteiger partial charge in [0.1, 0.15) is 5.75 Å². The molecule has 1 aliphatic heterocycles. The van der Waals surface area contributed by atoms with Crippen LogP contribution in [0.1, 0.15) is 24.9 Å². The molecule has 2 aromatic carbocycles. The molecule has 1 fully saturated rings. The zero-order valence-electron chi connectivity index (χ0n) is 13.1. The van der Waals surface area contributed by atoms with Crippen molar-refractivity contribution in [1.82, 2.24) is 0 Å². The number of methoxy groups -OCH3 is 1. The van der Waals surface area contributed by atoms with Gasteiger partial charge >= 0.3 is 5.97 Å². The molecule has 0 saturated carbocycles. The molecule has 120 valence electrons. The van der Waals surface area contributed by atoms with E-state index in [1.807, 2.05) is 54.6 Å². The van der Waals surface area contributed by atoms with Crippen molar-refractivity contribution < 1.29 is 19.1 Å². The largest absolute Gasteiger partial charge is 0.497 e. The molecule has 0 N–H and O–H groups in total. The Morgan fingerprint density at radius 2 is 1.83 bits per heavy atom. The highest BCUT2D eigenvalue weighted by molar-refractivity contribution is 5.66. The Morgan fingerprint density at radius 3 is 2.43 bits per heavy atom. The van der Waals surface area contributed by atoms with Gasteiger partial charge in [-0.05, 0) is 29.8 Å². The highest BCUT2D eigenvalue weighted by atomic mass is 16.8. The molecule has 5 heteroatoms. The smallest absolute Gasteiger partial charge is 0.305 e. The second kappa shape index (κ2) is 6.71.